The summed E-state index contributed by atoms with van der Waals surface area (Å²) in [7, 11) is -3.48. The van der Waals surface area contributed by atoms with Crippen LogP contribution in [0.3, 0.4) is 0 Å². The van der Waals surface area contributed by atoms with Crippen LogP contribution in [0.25, 0.3) is 0 Å². The van der Waals surface area contributed by atoms with Crippen molar-refractivity contribution < 1.29 is 23.1 Å². The molecule has 8 heteroatoms. The molecule has 0 amide bonds. The SMILES string of the molecule is CC1(C)C(=O)C(C#N)=C[C@]2(C)C3=CC(=O)[C@]4(O)[C@@H]5C[C@@](C)(NS(C)(=O)=O)CC[C@@]5(C)CC[C@@]4(C)[C@]3(C)CC[C@@H]12. The normalized spacial score (nSPS) is 48.9. The molecule has 214 valence electrons. The Morgan fingerprint density at radius 3 is 2.18 bits per heavy atom. The molecule has 5 aliphatic rings. The van der Waals surface area contributed by atoms with Crippen LogP contribution in [0.2, 0.25) is 0 Å². The Morgan fingerprint density at radius 1 is 0.974 bits per heavy atom. The molecule has 0 bridgehead atoms. The number of rotatable bonds is 2. The van der Waals surface area contributed by atoms with Gasteiger partial charge >= 0.3 is 0 Å². The van der Waals surface area contributed by atoms with Gasteiger partial charge in [-0.2, -0.15) is 5.26 Å². The van der Waals surface area contributed by atoms with Gasteiger partial charge in [0, 0.05) is 27.7 Å². The van der Waals surface area contributed by atoms with Gasteiger partial charge in [-0.15, -0.1) is 0 Å². The summed E-state index contributed by atoms with van der Waals surface area (Å²) in [5, 5.41) is 22.7. The van der Waals surface area contributed by atoms with Gasteiger partial charge in [0.2, 0.25) is 10.0 Å². The Kier molecular flexibility index (Phi) is 5.83. The van der Waals surface area contributed by atoms with Gasteiger partial charge in [-0.3, -0.25) is 9.59 Å². The molecule has 5 rings (SSSR count). The fourth-order valence-electron chi connectivity index (χ4n) is 10.3. The van der Waals surface area contributed by atoms with E-state index in [1.165, 1.54) is 0 Å². The van der Waals surface area contributed by atoms with Crippen molar-refractivity contribution in [1.29, 1.82) is 5.26 Å². The molecule has 5 aliphatic carbocycles. The van der Waals surface area contributed by atoms with Crippen LogP contribution in [0, 0.1) is 50.2 Å². The van der Waals surface area contributed by atoms with E-state index >= 15 is 0 Å². The third kappa shape index (κ3) is 3.48. The highest BCUT2D eigenvalue weighted by molar-refractivity contribution is 7.88. The van der Waals surface area contributed by atoms with E-state index in [4.69, 9.17) is 0 Å². The Morgan fingerprint density at radius 2 is 1.59 bits per heavy atom. The van der Waals surface area contributed by atoms with E-state index in [9.17, 15) is 28.4 Å². The van der Waals surface area contributed by atoms with E-state index in [-0.39, 0.29) is 28.5 Å². The number of nitrogens with zero attached hydrogens (tertiary/aromatic N) is 1. The summed E-state index contributed by atoms with van der Waals surface area (Å²) in [5.41, 5.74) is -4.40. The molecule has 0 saturated heterocycles. The molecule has 0 radical (unpaired) electrons. The molecule has 2 N–H and O–H groups in total. The first-order valence-electron chi connectivity index (χ1n) is 14.3. The molecule has 3 fully saturated rings. The van der Waals surface area contributed by atoms with Gasteiger partial charge in [-0.1, -0.05) is 47.6 Å². The number of carbonyl (C=O) groups excluding carboxylic acids is 2. The van der Waals surface area contributed by atoms with Gasteiger partial charge < -0.3 is 5.11 Å². The first kappa shape index (κ1) is 28.7. The van der Waals surface area contributed by atoms with Gasteiger partial charge in [-0.05, 0) is 80.3 Å². The van der Waals surface area contributed by atoms with Crippen LogP contribution >= 0.6 is 0 Å². The number of sulfonamides is 1. The second kappa shape index (κ2) is 7.92. The number of hydrogen-bond donors (Lipinski definition) is 2. The topological polar surface area (TPSA) is 124 Å². The molecule has 0 spiro atoms. The summed E-state index contributed by atoms with van der Waals surface area (Å²) in [6, 6.07) is 2.12. The van der Waals surface area contributed by atoms with Gasteiger partial charge in [0.1, 0.15) is 11.7 Å². The highest BCUT2D eigenvalue weighted by atomic mass is 32.2. The van der Waals surface area contributed by atoms with Crippen molar-refractivity contribution in [2.24, 2.45) is 38.9 Å². The monoisotopic (exact) mass is 556 g/mol. The zero-order chi connectivity index (χ0) is 29.2. The van der Waals surface area contributed by atoms with E-state index in [2.05, 4.69) is 38.5 Å². The van der Waals surface area contributed by atoms with E-state index in [0.717, 1.165) is 37.5 Å². The maximum absolute atomic E-state index is 14.4. The molecule has 0 aliphatic heterocycles. The smallest absolute Gasteiger partial charge is 0.209 e. The van der Waals surface area contributed by atoms with Crippen molar-refractivity contribution in [3.05, 3.63) is 23.3 Å². The maximum atomic E-state index is 14.4. The second-order valence-corrected chi connectivity index (χ2v) is 17.0. The molecule has 0 heterocycles. The van der Waals surface area contributed by atoms with E-state index in [1.54, 1.807) is 12.2 Å². The number of ketones is 2. The molecule has 7 nitrogen and oxygen atoms in total. The van der Waals surface area contributed by atoms with Crippen LogP contribution in [0.1, 0.15) is 93.4 Å². The van der Waals surface area contributed by atoms with Gasteiger partial charge in [0.25, 0.3) is 0 Å². The lowest BCUT2D eigenvalue weighted by atomic mass is 9.33. The van der Waals surface area contributed by atoms with Crippen LogP contribution in [-0.4, -0.2) is 42.5 Å². The molecule has 39 heavy (non-hydrogen) atoms. The molecule has 0 aromatic rings. The third-order valence-corrected chi connectivity index (χ3v) is 13.5. The van der Waals surface area contributed by atoms with Crippen molar-refractivity contribution in [1.82, 2.24) is 4.72 Å². The van der Waals surface area contributed by atoms with Crippen LogP contribution in [0.4, 0.5) is 0 Å². The third-order valence-electron chi connectivity index (χ3n) is 12.7. The number of Topliss-reactive ketones (excluding diaryl/α,β-unsaturated/α-hetero) is 1. The lowest BCUT2D eigenvalue weighted by Crippen LogP contribution is -2.74. The average molecular weight is 557 g/mol. The molecular weight excluding hydrogens is 512 g/mol. The van der Waals surface area contributed by atoms with Crippen LogP contribution in [0.5, 0.6) is 0 Å². The predicted molar refractivity (Wildman–Crippen MR) is 149 cm³/mol. The summed E-state index contributed by atoms with van der Waals surface area (Å²) in [6.07, 6.45) is 9.35. The fourth-order valence-corrected chi connectivity index (χ4v) is 11.4. The number of aliphatic hydroxyl groups is 1. The van der Waals surface area contributed by atoms with Crippen LogP contribution in [-0.2, 0) is 19.6 Å². The number of nitrogens with one attached hydrogen (secondary N) is 1. The van der Waals surface area contributed by atoms with Crippen molar-refractivity contribution in [2.45, 2.75) is 105 Å². The zero-order valence-electron chi connectivity index (χ0n) is 24.7. The van der Waals surface area contributed by atoms with Gasteiger partial charge in [0.15, 0.2) is 11.6 Å². The largest absolute Gasteiger partial charge is 0.381 e. The molecule has 0 aromatic carbocycles. The zero-order valence-corrected chi connectivity index (χ0v) is 25.5. The molecule has 8 atom stereocenters. The number of carbonyl (C=O) groups is 2. The Hall–Kier alpha value is -1.82. The summed E-state index contributed by atoms with van der Waals surface area (Å²) < 4.78 is 27.4. The standard InChI is InChI=1S/C31H44N2O5S/c1-25(2)20-9-10-29(6)21(28(20,5)16-19(18-32)24(25)35)15-23(34)31(36)22-17-27(4,33-39(8,37)38)13-11-26(22,3)12-14-30(29,31)7/h15-16,20,22,33,36H,9-14,17H2,1-8H3/t20-,22+,26-,27-,28-,29+,30-,31+/m0/s1. The minimum absolute atomic E-state index is 0.0673. The molecular formula is C31H44N2O5S. The highest BCUT2D eigenvalue weighted by Gasteiger charge is 2.75. The first-order valence-corrected chi connectivity index (χ1v) is 16.2. The summed E-state index contributed by atoms with van der Waals surface area (Å²) in [4.78, 5) is 27.6. The highest BCUT2D eigenvalue weighted by Crippen LogP contribution is 2.75. The van der Waals surface area contributed by atoms with Crippen molar-refractivity contribution in [3.63, 3.8) is 0 Å². The minimum atomic E-state index is -3.48. The number of nitriles is 1. The van der Waals surface area contributed by atoms with Gasteiger partial charge in [-0.25, -0.2) is 13.1 Å². The van der Waals surface area contributed by atoms with Crippen molar-refractivity contribution in [3.8, 4) is 6.07 Å². The predicted octanol–water partition coefficient (Wildman–Crippen LogP) is 4.62. The fraction of sp³-hybridized carbons (Fsp3) is 0.774. The van der Waals surface area contributed by atoms with Crippen LogP contribution in [0.15, 0.2) is 23.3 Å². The molecule has 0 unspecified atom stereocenters. The van der Waals surface area contributed by atoms with Crippen molar-refractivity contribution in [2.75, 3.05) is 6.26 Å². The van der Waals surface area contributed by atoms with E-state index in [1.807, 2.05) is 20.8 Å². The lowest BCUT2D eigenvalue weighted by molar-refractivity contribution is -0.239. The van der Waals surface area contributed by atoms with Crippen LogP contribution < -0.4 is 4.72 Å². The summed E-state index contributed by atoms with van der Waals surface area (Å²) in [6.45, 7) is 14.2. The second-order valence-electron chi connectivity index (χ2n) is 15.3. The quantitative estimate of drug-likeness (QED) is 0.511. The van der Waals surface area contributed by atoms with Gasteiger partial charge in [0.05, 0.1) is 11.8 Å². The number of fused-ring (bicyclic) bond motifs is 7. The van der Waals surface area contributed by atoms with E-state index in [0.29, 0.717) is 19.3 Å². The number of hydrogen-bond acceptors (Lipinski definition) is 6. The maximum Gasteiger partial charge on any atom is 0.209 e. The Bertz CT molecular complexity index is 1390. The number of allylic oxidation sites excluding steroid dienone is 3. The van der Waals surface area contributed by atoms with Crippen molar-refractivity contribution >= 4 is 21.6 Å². The first-order chi connectivity index (χ1) is 17.6. The molecule has 3 saturated carbocycles. The average Bonchev–Trinajstić information content (AvgIpc) is 2.81. The molecule has 0 aromatic heterocycles. The van der Waals surface area contributed by atoms with E-state index < -0.39 is 48.7 Å². The summed E-state index contributed by atoms with van der Waals surface area (Å²) >= 11 is 0. The Balaban J connectivity index is 1.70. The Labute approximate surface area is 233 Å². The minimum Gasteiger partial charge on any atom is -0.381 e. The lowest BCUT2D eigenvalue weighted by Gasteiger charge is -2.71. The summed E-state index contributed by atoms with van der Waals surface area (Å²) in [5.74, 6) is -0.948.